The molecule has 3 nitrogen and oxygen atoms in total. The molecule has 0 N–H and O–H groups in total. The van der Waals surface area contributed by atoms with Crippen LogP contribution in [0.4, 0.5) is 0 Å². The average molecular weight is 288 g/mol. The molecule has 0 atom stereocenters. The Kier molecular flexibility index (Phi) is 2.44. The number of nitrogens with zero attached hydrogens (tertiary/aromatic N) is 3. The Morgan fingerprint density at radius 3 is 2.76 bits per heavy atom. The summed E-state index contributed by atoms with van der Waals surface area (Å²) >= 11 is 3.46. The molecule has 0 amide bonds. The molecule has 1 aromatic carbocycles. The Bertz CT molecular complexity index is 688. The van der Waals surface area contributed by atoms with E-state index >= 15 is 0 Å². The maximum absolute atomic E-state index is 4.25. The van der Waals surface area contributed by atoms with Crippen LogP contribution < -0.4 is 0 Å². The summed E-state index contributed by atoms with van der Waals surface area (Å²) in [5.41, 5.74) is 4.23. The van der Waals surface area contributed by atoms with E-state index in [1.165, 1.54) is 5.56 Å². The number of aryl methyl sites for hydroxylation is 1. The van der Waals surface area contributed by atoms with Gasteiger partial charge in [-0.25, -0.2) is 4.52 Å². The molecule has 3 aromatic rings. The van der Waals surface area contributed by atoms with Crippen LogP contribution in [0.1, 0.15) is 5.56 Å². The number of fused-ring (bicyclic) bond motifs is 1. The fourth-order valence-corrected chi connectivity index (χ4v) is 2.30. The fraction of sp³-hybridized carbons (Fsp3) is 0.0769. The van der Waals surface area contributed by atoms with Crippen LogP contribution in [0, 0.1) is 6.92 Å². The number of benzene rings is 1. The van der Waals surface area contributed by atoms with Gasteiger partial charge in [-0.05, 0) is 41.1 Å². The highest BCUT2D eigenvalue weighted by Crippen LogP contribution is 2.24. The predicted octanol–water partition coefficient (Wildman–Crippen LogP) is 3.47. The lowest BCUT2D eigenvalue weighted by Gasteiger charge is -1.99. The van der Waals surface area contributed by atoms with Crippen LogP contribution in [-0.4, -0.2) is 14.8 Å². The van der Waals surface area contributed by atoms with Gasteiger partial charge in [0, 0.05) is 5.56 Å². The van der Waals surface area contributed by atoms with Crippen LogP contribution in [0.25, 0.3) is 16.8 Å². The highest BCUT2D eigenvalue weighted by Gasteiger charge is 2.09. The molecule has 0 aliphatic rings. The standard InChI is InChI=1S/C13H10BrN3/c1-9-4-2-5-10(8-9)13-11-6-3-7-12(14)17(11)16-15-13/h2-8H,1H3. The van der Waals surface area contributed by atoms with Gasteiger partial charge in [-0.2, -0.15) is 0 Å². The topological polar surface area (TPSA) is 30.2 Å². The quantitative estimate of drug-likeness (QED) is 0.642. The van der Waals surface area contributed by atoms with E-state index in [9.17, 15) is 0 Å². The zero-order chi connectivity index (χ0) is 11.8. The number of rotatable bonds is 1. The van der Waals surface area contributed by atoms with Crippen LogP contribution in [0.2, 0.25) is 0 Å². The summed E-state index contributed by atoms with van der Waals surface area (Å²) in [6.07, 6.45) is 0. The van der Waals surface area contributed by atoms with E-state index in [1.807, 2.05) is 24.3 Å². The molecule has 0 saturated carbocycles. The first-order chi connectivity index (χ1) is 8.25. The van der Waals surface area contributed by atoms with Gasteiger partial charge in [0.2, 0.25) is 0 Å². The minimum absolute atomic E-state index is 0.904. The molecule has 0 spiro atoms. The van der Waals surface area contributed by atoms with E-state index in [2.05, 4.69) is 51.4 Å². The molecule has 0 unspecified atom stereocenters. The molecule has 0 radical (unpaired) electrons. The number of halogens is 1. The normalized spacial score (nSPS) is 10.9. The fourth-order valence-electron chi connectivity index (χ4n) is 1.88. The lowest BCUT2D eigenvalue weighted by atomic mass is 10.1. The monoisotopic (exact) mass is 287 g/mol. The molecule has 84 valence electrons. The second-order valence-corrected chi connectivity index (χ2v) is 4.77. The summed E-state index contributed by atoms with van der Waals surface area (Å²) in [7, 11) is 0. The Morgan fingerprint density at radius 1 is 1.12 bits per heavy atom. The van der Waals surface area contributed by atoms with Crippen molar-refractivity contribution in [1.29, 1.82) is 0 Å². The molecular formula is C13H10BrN3. The van der Waals surface area contributed by atoms with E-state index in [1.54, 1.807) is 4.52 Å². The first-order valence-corrected chi connectivity index (χ1v) is 6.12. The van der Waals surface area contributed by atoms with Gasteiger partial charge in [0.15, 0.2) is 0 Å². The second-order valence-electron chi connectivity index (χ2n) is 3.95. The SMILES string of the molecule is Cc1cccc(-c2nnn3c(Br)cccc23)c1. The Hall–Kier alpha value is -1.68. The highest BCUT2D eigenvalue weighted by molar-refractivity contribution is 9.10. The Labute approximate surface area is 107 Å². The van der Waals surface area contributed by atoms with Gasteiger partial charge in [0.1, 0.15) is 10.3 Å². The molecule has 2 aromatic heterocycles. The minimum atomic E-state index is 0.904. The minimum Gasteiger partial charge on any atom is -0.206 e. The average Bonchev–Trinajstić information content (AvgIpc) is 2.74. The first kappa shape index (κ1) is 10.5. The third-order valence-corrected chi connectivity index (χ3v) is 3.29. The smallest absolute Gasteiger partial charge is 0.120 e. The van der Waals surface area contributed by atoms with Crippen molar-refractivity contribution in [1.82, 2.24) is 14.8 Å². The number of aromatic nitrogens is 3. The van der Waals surface area contributed by atoms with Crippen molar-refractivity contribution in [2.75, 3.05) is 0 Å². The Morgan fingerprint density at radius 2 is 1.94 bits per heavy atom. The number of hydrogen-bond acceptors (Lipinski definition) is 2. The molecule has 17 heavy (non-hydrogen) atoms. The van der Waals surface area contributed by atoms with Crippen molar-refractivity contribution >= 4 is 21.4 Å². The summed E-state index contributed by atoms with van der Waals surface area (Å²) in [6, 6.07) is 14.2. The lowest BCUT2D eigenvalue weighted by molar-refractivity contribution is 0.840. The van der Waals surface area contributed by atoms with E-state index in [0.717, 1.165) is 21.4 Å². The molecule has 0 aliphatic carbocycles. The summed E-state index contributed by atoms with van der Waals surface area (Å²) in [6.45, 7) is 2.07. The van der Waals surface area contributed by atoms with Gasteiger partial charge in [0.25, 0.3) is 0 Å². The highest BCUT2D eigenvalue weighted by atomic mass is 79.9. The Balaban J connectivity index is 2.28. The molecule has 0 saturated heterocycles. The third kappa shape index (κ3) is 1.74. The zero-order valence-electron chi connectivity index (χ0n) is 9.26. The van der Waals surface area contributed by atoms with Gasteiger partial charge in [-0.15, -0.1) is 5.10 Å². The molecular weight excluding hydrogens is 278 g/mol. The van der Waals surface area contributed by atoms with Crippen LogP contribution in [-0.2, 0) is 0 Å². The van der Waals surface area contributed by atoms with Crippen molar-refractivity contribution in [3.05, 3.63) is 52.6 Å². The predicted molar refractivity (Wildman–Crippen MR) is 70.9 cm³/mol. The molecule has 4 heteroatoms. The summed E-state index contributed by atoms with van der Waals surface area (Å²) in [5.74, 6) is 0. The first-order valence-electron chi connectivity index (χ1n) is 5.33. The van der Waals surface area contributed by atoms with Crippen molar-refractivity contribution < 1.29 is 0 Å². The zero-order valence-corrected chi connectivity index (χ0v) is 10.8. The largest absolute Gasteiger partial charge is 0.206 e. The van der Waals surface area contributed by atoms with E-state index in [-0.39, 0.29) is 0 Å². The molecule has 2 heterocycles. The van der Waals surface area contributed by atoms with Crippen molar-refractivity contribution in [3.8, 4) is 11.3 Å². The van der Waals surface area contributed by atoms with E-state index in [0.29, 0.717) is 0 Å². The molecule has 0 fully saturated rings. The van der Waals surface area contributed by atoms with Crippen molar-refractivity contribution in [3.63, 3.8) is 0 Å². The molecule has 3 rings (SSSR count). The molecule has 0 bridgehead atoms. The number of pyridine rings is 1. The van der Waals surface area contributed by atoms with Crippen LogP contribution in [0.5, 0.6) is 0 Å². The summed E-state index contributed by atoms with van der Waals surface area (Å²) < 4.78 is 2.69. The number of hydrogen-bond donors (Lipinski definition) is 0. The van der Waals surface area contributed by atoms with Gasteiger partial charge in [0.05, 0.1) is 5.52 Å². The van der Waals surface area contributed by atoms with Gasteiger partial charge in [-0.1, -0.05) is 35.0 Å². The second kappa shape index (κ2) is 3.96. The van der Waals surface area contributed by atoms with Crippen LogP contribution >= 0.6 is 15.9 Å². The maximum atomic E-state index is 4.25. The lowest BCUT2D eigenvalue weighted by Crippen LogP contribution is -1.88. The van der Waals surface area contributed by atoms with Crippen molar-refractivity contribution in [2.45, 2.75) is 6.92 Å². The van der Waals surface area contributed by atoms with E-state index in [4.69, 9.17) is 0 Å². The van der Waals surface area contributed by atoms with Crippen LogP contribution in [0.3, 0.4) is 0 Å². The van der Waals surface area contributed by atoms with Gasteiger partial charge < -0.3 is 0 Å². The maximum Gasteiger partial charge on any atom is 0.120 e. The van der Waals surface area contributed by atoms with Gasteiger partial charge in [-0.3, -0.25) is 0 Å². The summed E-state index contributed by atoms with van der Waals surface area (Å²) in [5, 5.41) is 8.39. The van der Waals surface area contributed by atoms with Crippen LogP contribution in [0.15, 0.2) is 47.1 Å². The van der Waals surface area contributed by atoms with E-state index < -0.39 is 0 Å². The summed E-state index contributed by atoms with van der Waals surface area (Å²) in [4.78, 5) is 0. The molecule has 0 aliphatic heterocycles. The van der Waals surface area contributed by atoms with Gasteiger partial charge >= 0.3 is 0 Å². The third-order valence-electron chi connectivity index (χ3n) is 2.69. The van der Waals surface area contributed by atoms with Crippen molar-refractivity contribution in [2.24, 2.45) is 0 Å².